The van der Waals surface area contributed by atoms with E-state index in [1.165, 1.54) is 12.1 Å². The van der Waals surface area contributed by atoms with Crippen LogP contribution in [0.2, 0.25) is 5.02 Å². The van der Waals surface area contributed by atoms with Gasteiger partial charge in [0.15, 0.2) is 0 Å². The predicted molar refractivity (Wildman–Crippen MR) is 89.7 cm³/mol. The first-order valence-electron chi connectivity index (χ1n) is 6.81. The van der Waals surface area contributed by atoms with Crippen molar-refractivity contribution >= 4 is 40.0 Å². The van der Waals surface area contributed by atoms with Gasteiger partial charge in [0.25, 0.3) is 5.91 Å². The van der Waals surface area contributed by atoms with Crippen molar-refractivity contribution in [1.82, 2.24) is 4.98 Å². The summed E-state index contributed by atoms with van der Waals surface area (Å²) >= 11 is 5.88. The van der Waals surface area contributed by atoms with Crippen molar-refractivity contribution in [3.63, 3.8) is 0 Å². The second-order valence-electron chi connectivity index (χ2n) is 4.90. The first kappa shape index (κ1) is 15.0. The number of nitrogens with zero attached hydrogens (tertiary/aromatic N) is 1. The number of nitrogens with one attached hydrogen (secondary N) is 1. The van der Waals surface area contributed by atoms with Crippen molar-refractivity contribution < 1.29 is 9.59 Å². The molecule has 0 aliphatic carbocycles. The highest BCUT2D eigenvalue weighted by Gasteiger charge is 2.12. The van der Waals surface area contributed by atoms with Crippen LogP contribution in [0.4, 0.5) is 5.69 Å². The second kappa shape index (κ2) is 6.06. The van der Waals surface area contributed by atoms with Crippen molar-refractivity contribution in [1.29, 1.82) is 0 Å². The van der Waals surface area contributed by atoms with Crippen LogP contribution in [0.1, 0.15) is 20.8 Å². The first-order valence-corrected chi connectivity index (χ1v) is 7.19. The van der Waals surface area contributed by atoms with Crippen LogP contribution in [0.15, 0.2) is 54.6 Å². The number of para-hydroxylation sites is 1. The van der Waals surface area contributed by atoms with Gasteiger partial charge in [-0.05, 0) is 30.3 Å². The summed E-state index contributed by atoms with van der Waals surface area (Å²) in [7, 11) is 0. The largest absolute Gasteiger partial charge is 0.366 e. The topological polar surface area (TPSA) is 85.1 Å². The SMILES string of the molecule is NC(=O)c1cc(NC(=O)c2ccc3ccccc3n2)ccc1Cl. The predicted octanol–water partition coefficient (Wildman–Crippen LogP) is 3.24. The highest BCUT2D eigenvalue weighted by molar-refractivity contribution is 6.34. The molecule has 0 unspecified atom stereocenters. The molecule has 2 amide bonds. The van der Waals surface area contributed by atoms with E-state index in [-0.39, 0.29) is 22.2 Å². The molecule has 0 radical (unpaired) electrons. The van der Waals surface area contributed by atoms with E-state index in [1.807, 2.05) is 30.3 Å². The molecule has 1 aromatic heterocycles. The van der Waals surface area contributed by atoms with Crippen LogP contribution in [0.5, 0.6) is 0 Å². The molecule has 3 aromatic rings. The number of aromatic nitrogens is 1. The number of carbonyl (C=O) groups is 2. The minimum Gasteiger partial charge on any atom is -0.366 e. The Morgan fingerprint density at radius 1 is 1.04 bits per heavy atom. The van der Waals surface area contributed by atoms with Crippen molar-refractivity contribution in [3.8, 4) is 0 Å². The van der Waals surface area contributed by atoms with E-state index < -0.39 is 5.91 Å². The summed E-state index contributed by atoms with van der Waals surface area (Å²) in [6, 6.07) is 15.5. The van der Waals surface area contributed by atoms with Crippen molar-refractivity contribution in [2.24, 2.45) is 5.73 Å². The number of rotatable bonds is 3. The molecule has 6 heteroatoms. The lowest BCUT2D eigenvalue weighted by Gasteiger charge is -2.08. The van der Waals surface area contributed by atoms with E-state index in [2.05, 4.69) is 10.3 Å². The Balaban J connectivity index is 1.88. The quantitative estimate of drug-likeness (QED) is 0.775. The third kappa shape index (κ3) is 3.14. The molecule has 0 fully saturated rings. The number of nitrogens with two attached hydrogens (primary N) is 1. The number of hydrogen-bond donors (Lipinski definition) is 2. The van der Waals surface area contributed by atoms with Gasteiger partial charge >= 0.3 is 0 Å². The number of fused-ring (bicyclic) bond motifs is 1. The third-order valence-corrected chi connectivity index (χ3v) is 3.65. The molecule has 1 heterocycles. The van der Waals surface area contributed by atoms with Crippen LogP contribution >= 0.6 is 11.6 Å². The Morgan fingerprint density at radius 2 is 1.83 bits per heavy atom. The van der Waals surface area contributed by atoms with Gasteiger partial charge in [0.2, 0.25) is 5.91 Å². The number of primary amides is 1. The van der Waals surface area contributed by atoms with Gasteiger partial charge in [-0.25, -0.2) is 4.98 Å². The highest BCUT2D eigenvalue weighted by Crippen LogP contribution is 2.21. The van der Waals surface area contributed by atoms with E-state index in [0.717, 1.165) is 10.9 Å². The maximum absolute atomic E-state index is 12.3. The zero-order valence-corrected chi connectivity index (χ0v) is 12.7. The van der Waals surface area contributed by atoms with Crippen LogP contribution in [0.3, 0.4) is 0 Å². The molecular weight excluding hydrogens is 314 g/mol. The summed E-state index contributed by atoms with van der Waals surface area (Å²) in [6.45, 7) is 0. The molecule has 3 rings (SSSR count). The lowest BCUT2D eigenvalue weighted by molar-refractivity contribution is 0.0995. The van der Waals surface area contributed by atoms with E-state index >= 15 is 0 Å². The zero-order chi connectivity index (χ0) is 16.4. The van der Waals surface area contributed by atoms with Crippen LogP contribution in [0.25, 0.3) is 10.9 Å². The normalized spacial score (nSPS) is 10.5. The number of anilines is 1. The number of benzene rings is 2. The molecule has 114 valence electrons. The molecule has 23 heavy (non-hydrogen) atoms. The van der Waals surface area contributed by atoms with Crippen molar-refractivity contribution in [2.75, 3.05) is 5.32 Å². The Hall–Kier alpha value is -2.92. The average molecular weight is 326 g/mol. The Labute approximate surface area is 137 Å². The summed E-state index contributed by atoms with van der Waals surface area (Å²) in [4.78, 5) is 27.9. The molecule has 2 aromatic carbocycles. The number of pyridine rings is 1. The van der Waals surface area contributed by atoms with Gasteiger partial charge in [-0.2, -0.15) is 0 Å². The fourth-order valence-corrected chi connectivity index (χ4v) is 2.39. The van der Waals surface area contributed by atoms with Crippen LogP contribution in [-0.2, 0) is 0 Å². The molecule has 0 saturated carbocycles. The number of halogens is 1. The van der Waals surface area contributed by atoms with Gasteiger partial charge in [-0.1, -0.05) is 35.9 Å². The molecule has 0 spiro atoms. The van der Waals surface area contributed by atoms with E-state index in [0.29, 0.717) is 5.69 Å². The summed E-state index contributed by atoms with van der Waals surface area (Å²) < 4.78 is 0. The Bertz CT molecular complexity index is 925. The van der Waals surface area contributed by atoms with Crippen molar-refractivity contribution in [2.45, 2.75) is 0 Å². The van der Waals surface area contributed by atoms with Gasteiger partial charge < -0.3 is 11.1 Å². The fourth-order valence-electron chi connectivity index (χ4n) is 2.18. The smallest absolute Gasteiger partial charge is 0.274 e. The fraction of sp³-hybridized carbons (Fsp3) is 0. The first-order chi connectivity index (χ1) is 11.0. The van der Waals surface area contributed by atoms with Gasteiger partial charge in [0, 0.05) is 11.1 Å². The standard InChI is InChI=1S/C17H12ClN3O2/c18-13-7-6-11(9-12(13)16(19)22)20-17(23)15-8-5-10-3-1-2-4-14(10)21-15/h1-9H,(H2,19,22)(H,20,23). The Kier molecular flexibility index (Phi) is 3.95. The third-order valence-electron chi connectivity index (χ3n) is 3.32. The summed E-state index contributed by atoms with van der Waals surface area (Å²) in [5.41, 5.74) is 6.82. The molecular formula is C17H12ClN3O2. The van der Waals surface area contributed by atoms with Crippen LogP contribution in [-0.4, -0.2) is 16.8 Å². The van der Waals surface area contributed by atoms with Gasteiger partial charge in [-0.3, -0.25) is 9.59 Å². The van der Waals surface area contributed by atoms with Crippen LogP contribution in [0, 0.1) is 0 Å². The maximum Gasteiger partial charge on any atom is 0.274 e. The summed E-state index contributed by atoms with van der Waals surface area (Å²) in [5.74, 6) is -1.04. The van der Waals surface area contributed by atoms with E-state index in [9.17, 15) is 9.59 Å². The summed E-state index contributed by atoms with van der Waals surface area (Å²) in [6.07, 6.45) is 0. The zero-order valence-electron chi connectivity index (χ0n) is 11.9. The molecule has 0 aliphatic heterocycles. The lowest BCUT2D eigenvalue weighted by Crippen LogP contribution is -2.15. The number of hydrogen-bond acceptors (Lipinski definition) is 3. The summed E-state index contributed by atoms with van der Waals surface area (Å²) in [5, 5.41) is 3.86. The van der Waals surface area contributed by atoms with E-state index in [1.54, 1.807) is 12.1 Å². The molecule has 0 bridgehead atoms. The highest BCUT2D eigenvalue weighted by atomic mass is 35.5. The number of carbonyl (C=O) groups excluding carboxylic acids is 2. The molecule has 0 aliphatic rings. The van der Waals surface area contributed by atoms with Crippen LogP contribution < -0.4 is 11.1 Å². The molecule has 5 nitrogen and oxygen atoms in total. The van der Waals surface area contributed by atoms with Gasteiger partial charge in [0.1, 0.15) is 5.69 Å². The van der Waals surface area contributed by atoms with Gasteiger partial charge in [-0.15, -0.1) is 0 Å². The lowest BCUT2D eigenvalue weighted by atomic mass is 10.1. The minimum atomic E-state index is -0.657. The molecule has 0 atom stereocenters. The Morgan fingerprint density at radius 3 is 2.61 bits per heavy atom. The molecule has 0 saturated heterocycles. The number of amides is 2. The monoisotopic (exact) mass is 325 g/mol. The average Bonchev–Trinajstić information content (AvgIpc) is 2.55. The van der Waals surface area contributed by atoms with Gasteiger partial charge in [0.05, 0.1) is 16.1 Å². The minimum absolute atomic E-state index is 0.149. The maximum atomic E-state index is 12.3. The molecule has 3 N–H and O–H groups in total. The second-order valence-corrected chi connectivity index (χ2v) is 5.31. The van der Waals surface area contributed by atoms with Crippen molar-refractivity contribution in [3.05, 3.63) is 70.9 Å². The van der Waals surface area contributed by atoms with E-state index in [4.69, 9.17) is 17.3 Å².